The first kappa shape index (κ1) is 15.8. The number of rotatable bonds is 3. The largest absolute Gasteiger partial charge is 0.467 e. The van der Waals surface area contributed by atoms with Gasteiger partial charge in [0.2, 0.25) is 0 Å². The van der Waals surface area contributed by atoms with E-state index in [2.05, 4.69) is 10.1 Å². The molecule has 0 aromatic heterocycles. The highest BCUT2D eigenvalue weighted by molar-refractivity contribution is 5.94. The Morgan fingerprint density at radius 3 is 2.41 bits per heavy atom. The third-order valence-electron chi connectivity index (χ3n) is 3.55. The van der Waals surface area contributed by atoms with Crippen LogP contribution in [0.2, 0.25) is 0 Å². The molecule has 7 heteroatoms. The summed E-state index contributed by atoms with van der Waals surface area (Å²) in [6.45, 7) is 0.199. The number of hydrogen-bond acceptors (Lipinski definition) is 5. The Bertz CT molecular complexity index is 536. The van der Waals surface area contributed by atoms with Crippen molar-refractivity contribution in [3.63, 3.8) is 0 Å². The second-order valence-corrected chi connectivity index (χ2v) is 4.93. The topological polar surface area (TPSA) is 84.9 Å². The maximum Gasteiger partial charge on any atom is 0.410 e. The van der Waals surface area contributed by atoms with Crippen molar-refractivity contribution >= 4 is 18.0 Å². The predicted molar refractivity (Wildman–Crippen MR) is 77.2 cm³/mol. The molecule has 2 amide bonds. The maximum absolute atomic E-state index is 12.1. The van der Waals surface area contributed by atoms with Gasteiger partial charge in [-0.15, -0.1) is 0 Å². The maximum atomic E-state index is 12.1. The van der Waals surface area contributed by atoms with E-state index in [1.807, 2.05) is 6.07 Å². The molecule has 1 saturated heterocycles. The van der Waals surface area contributed by atoms with E-state index in [0.29, 0.717) is 12.0 Å². The molecule has 0 aliphatic carbocycles. The fourth-order valence-corrected chi connectivity index (χ4v) is 2.48. The predicted octanol–water partition coefficient (Wildman–Crippen LogP) is 0.799. The van der Waals surface area contributed by atoms with E-state index in [-0.39, 0.29) is 18.5 Å². The van der Waals surface area contributed by atoms with Crippen molar-refractivity contribution in [3.05, 3.63) is 35.9 Å². The van der Waals surface area contributed by atoms with Crippen LogP contribution in [0.1, 0.15) is 16.8 Å². The van der Waals surface area contributed by atoms with Gasteiger partial charge in [-0.1, -0.05) is 18.2 Å². The molecule has 1 aliphatic rings. The minimum absolute atomic E-state index is 0.199. The Morgan fingerprint density at radius 1 is 1.14 bits per heavy atom. The molecule has 0 saturated carbocycles. The number of benzene rings is 1. The lowest BCUT2D eigenvalue weighted by Crippen LogP contribution is -2.41. The molecule has 1 N–H and O–H groups in total. The monoisotopic (exact) mass is 306 g/mol. The second kappa shape index (κ2) is 6.93. The number of carbonyl (C=O) groups excluding carboxylic acids is 3. The van der Waals surface area contributed by atoms with Crippen LogP contribution in [0.15, 0.2) is 30.3 Å². The highest BCUT2D eigenvalue weighted by atomic mass is 16.5. The first-order valence-corrected chi connectivity index (χ1v) is 6.85. The van der Waals surface area contributed by atoms with Gasteiger partial charge < -0.3 is 14.8 Å². The molecule has 1 aromatic rings. The summed E-state index contributed by atoms with van der Waals surface area (Å²) in [7, 11) is 2.50. The molecule has 22 heavy (non-hydrogen) atoms. The molecule has 2 atom stereocenters. The van der Waals surface area contributed by atoms with E-state index in [9.17, 15) is 14.4 Å². The fraction of sp³-hybridized carbons (Fsp3) is 0.400. The minimum Gasteiger partial charge on any atom is -0.467 e. The van der Waals surface area contributed by atoms with Crippen LogP contribution in [0.4, 0.5) is 4.79 Å². The summed E-state index contributed by atoms with van der Waals surface area (Å²) >= 11 is 0. The molecule has 118 valence electrons. The summed E-state index contributed by atoms with van der Waals surface area (Å²) < 4.78 is 9.36. The molecule has 1 heterocycles. The van der Waals surface area contributed by atoms with Crippen molar-refractivity contribution in [2.45, 2.75) is 18.5 Å². The Balaban J connectivity index is 2.06. The summed E-state index contributed by atoms with van der Waals surface area (Å²) in [4.78, 5) is 36.9. The number of nitrogens with zero attached hydrogens (tertiary/aromatic N) is 1. The van der Waals surface area contributed by atoms with Gasteiger partial charge in [-0.3, -0.25) is 9.69 Å². The molecule has 0 radical (unpaired) electrons. The van der Waals surface area contributed by atoms with Gasteiger partial charge in [0.15, 0.2) is 0 Å². The van der Waals surface area contributed by atoms with Crippen molar-refractivity contribution in [2.24, 2.45) is 0 Å². The van der Waals surface area contributed by atoms with E-state index in [0.717, 1.165) is 0 Å². The number of amides is 2. The fourth-order valence-electron chi connectivity index (χ4n) is 2.48. The molecule has 0 bridgehead atoms. The molecule has 0 unspecified atom stereocenters. The number of hydrogen-bond donors (Lipinski definition) is 1. The van der Waals surface area contributed by atoms with E-state index in [1.165, 1.54) is 19.1 Å². The number of nitrogens with one attached hydrogen (secondary N) is 1. The summed E-state index contributed by atoms with van der Waals surface area (Å²) in [6, 6.07) is 7.65. The van der Waals surface area contributed by atoms with Gasteiger partial charge in [0.1, 0.15) is 6.04 Å². The quantitative estimate of drug-likeness (QED) is 0.835. The number of methoxy groups -OCH3 is 2. The molecular weight excluding hydrogens is 288 g/mol. The van der Waals surface area contributed by atoms with Gasteiger partial charge in [0.05, 0.1) is 14.2 Å². The van der Waals surface area contributed by atoms with Crippen molar-refractivity contribution < 1.29 is 23.9 Å². The Hall–Kier alpha value is -2.57. The molecule has 2 rings (SSSR count). The van der Waals surface area contributed by atoms with Crippen molar-refractivity contribution in [3.8, 4) is 0 Å². The van der Waals surface area contributed by atoms with Crippen LogP contribution >= 0.6 is 0 Å². The van der Waals surface area contributed by atoms with Crippen LogP contribution in [0.25, 0.3) is 0 Å². The van der Waals surface area contributed by atoms with Crippen LogP contribution in [0.5, 0.6) is 0 Å². The summed E-state index contributed by atoms with van der Waals surface area (Å²) in [5.74, 6) is -0.775. The SMILES string of the molecule is COC(=O)[C@@H]1C[C@H](NC(=O)c2ccccc2)CN1C(=O)OC. The van der Waals surface area contributed by atoms with Crippen LogP contribution in [0.3, 0.4) is 0 Å². The van der Waals surface area contributed by atoms with Crippen molar-refractivity contribution in [1.82, 2.24) is 10.2 Å². The first-order chi connectivity index (χ1) is 10.6. The molecule has 1 aromatic carbocycles. The minimum atomic E-state index is -0.751. The Labute approximate surface area is 128 Å². The standard InChI is InChI=1S/C15H18N2O5/c1-21-14(19)12-8-11(9-17(12)15(20)22-2)16-13(18)10-6-4-3-5-7-10/h3-7,11-12H,8-9H2,1-2H3,(H,16,18)/t11-,12-/m0/s1. The summed E-state index contributed by atoms with van der Waals surface area (Å²) in [6.07, 6.45) is -0.327. The van der Waals surface area contributed by atoms with Gasteiger partial charge in [-0.25, -0.2) is 9.59 Å². The average Bonchev–Trinajstić information content (AvgIpc) is 2.98. The van der Waals surface area contributed by atoms with Gasteiger partial charge in [-0.2, -0.15) is 0 Å². The van der Waals surface area contributed by atoms with Gasteiger partial charge in [0, 0.05) is 24.6 Å². The first-order valence-electron chi connectivity index (χ1n) is 6.85. The van der Waals surface area contributed by atoms with Crippen LogP contribution in [0, 0.1) is 0 Å². The van der Waals surface area contributed by atoms with Gasteiger partial charge >= 0.3 is 12.1 Å². The highest BCUT2D eigenvalue weighted by Gasteiger charge is 2.41. The normalized spacial score (nSPS) is 20.4. The average molecular weight is 306 g/mol. The molecule has 1 aliphatic heterocycles. The van der Waals surface area contributed by atoms with Crippen molar-refractivity contribution in [2.75, 3.05) is 20.8 Å². The van der Waals surface area contributed by atoms with E-state index >= 15 is 0 Å². The van der Waals surface area contributed by atoms with E-state index < -0.39 is 18.1 Å². The number of likely N-dealkylation sites (tertiary alicyclic amines) is 1. The zero-order valence-electron chi connectivity index (χ0n) is 12.4. The van der Waals surface area contributed by atoms with Gasteiger partial charge in [0.25, 0.3) is 5.91 Å². The number of ether oxygens (including phenoxy) is 2. The number of esters is 1. The Morgan fingerprint density at radius 2 is 1.82 bits per heavy atom. The third-order valence-corrected chi connectivity index (χ3v) is 3.55. The second-order valence-electron chi connectivity index (χ2n) is 4.93. The zero-order chi connectivity index (χ0) is 16.1. The lowest BCUT2D eigenvalue weighted by molar-refractivity contribution is -0.145. The number of carbonyl (C=O) groups is 3. The lowest BCUT2D eigenvalue weighted by atomic mass is 10.1. The third kappa shape index (κ3) is 3.36. The van der Waals surface area contributed by atoms with Crippen molar-refractivity contribution in [1.29, 1.82) is 0 Å². The van der Waals surface area contributed by atoms with Crippen LogP contribution in [-0.2, 0) is 14.3 Å². The van der Waals surface area contributed by atoms with E-state index in [1.54, 1.807) is 24.3 Å². The zero-order valence-corrected chi connectivity index (χ0v) is 12.4. The highest BCUT2D eigenvalue weighted by Crippen LogP contribution is 2.20. The van der Waals surface area contributed by atoms with Crippen LogP contribution in [-0.4, -0.2) is 55.7 Å². The van der Waals surface area contributed by atoms with E-state index in [4.69, 9.17) is 4.74 Å². The van der Waals surface area contributed by atoms with Gasteiger partial charge in [-0.05, 0) is 12.1 Å². The lowest BCUT2D eigenvalue weighted by Gasteiger charge is -2.20. The Kier molecular flexibility index (Phi) is 4.98. The van der Waals surface area contributed by atoms with Crippen LogP contribution < -0.4 is 5.32 Å². The molecule has 7 nitrogen and oxygen atoms in total. The smallest absolute Gasteiger partial charge is 0.410 e. The molecule has 0 spiro atoms. The molecule has 1 fully saturated rings. The molecular formula is C15H18N2O5. The summed E-state index contributed by atoms with van der Waals surface area (Å²) in [5.41, 5.74) is 0.522. The summed E-state index contributed by atoms with van der Waals surface area (Å²) in [5, 5.41) is 2.82.